The first-order chi connectivity index (χ1) is 10.1. The molecule has 0 heterocycles. The Morgan fingerprint density at radius 3 is 2.29 bits per heavy atom. The molecule has 0 aliphatic carbocycles. The molecule has 3 nitrogen and oxygen atoms in total. The molecule has 2 rings (SSSR count). The highest BCUT2D eigenvalue weighted by Gasteiger charge is 1.98. The van der Waals surface area contributed by atoms with Crippen LogP contribution in [-0.4, -0.2) is 11.7 Å². The molecule has 0 atom stereocenters. The van der Waals surface area contributed by atoms with Crippen LogP contribution in [0.5, 0.6) is 11.5 Å². The first-order valence-corrected chi connectivity index (χ1v) is 7.38. The van der Waals surface area contributed by atoms with Crippen molar-refractivity contribution in [3.8, 4) is 11.5 Å². The van der Waals surface area contributed by atoms with Crippen LogP contribution < -0.4 is 10.1 Å². The van der Waals surface area contributed by atoms with Crippen LogP contribution in [0.1, 0.15) is 25.8 Å². The summed E-state index contributed by atoms with van der Waals surface area (Å²) in [6.45, 7) is 5.91. The Hall–Kier alpha value is -2.16. The molecule has 0 spiro atoms. The molecule has 0 aliphatic rings. The Morgan fingerprint density at radius 1 is 1.00 bits per heavy atom. The molecule has 0 saturated heterocycles. The molecule has 3 heteroatoms. The lowest BCUT2D eigenvalue weighted by Crippen LogP contribution is -2.02. The van der Waals surface area contributed by atoms with Crippen molar-refractivity contribution in [3.05, 3.63) is 54.1 Å². The standard InChI is InChI=1S/C18H23NO2/c1-14(2)11-12-21-18-9-3-15(4-10-18)13-19-16-5-7-17(20)8-6-16/h3-10,14,19-20H,11-13H2,1-2H3. The van der Waals surface area contributed by atoms with E-state index in [1.165, 1.54) is 5.56 Å². The molecular formula is C18H23NO2. The summed E-state index contributed by atoms with van der Waals surface area (Å²) in [5.74, 6) is 1.87. The third kappa shape index (κ3) is 5.38. The summed E-state index contributed by atoms with van der Waals surface area (Å²) in [6, 6.07) is 15.2. The maximum absolute atomic E-state index is 9.24. The van der Waals surface area contributed by atoms with Gasteiger partial charge in [-0.2, -0.15) is 0 Å². The zero-order chi connectivity index (χ0) is 15.1. The van der Waals surface area contributed by atoms with E-state index >= 15 is 0 Å². The predicted octanol–water partition coefficient (Wildman–Crippen LogP) is 4.43. The van der Waals surface area contributed by atoms with Crippen LogP contribution in [0.4, 0.5) is 5.69 Å². The normalized spacial score (nSPS) is 10.6. The molecule has 0 aliphatic heterocycles. The van der Waals surface area contributed by atoms with Crippen molar-refractivity contribution < 1.29 is 9.84 Å². The van der Waals surface area contributed by atoms with Crippen LogP contribution in [0.25, 0.3) is 0 Å². The van der Waals surface area contributed by atoms with Gasteiger partial charge in [-0.25, -0.2) is 0 Å². The second kappa shape index (κ2) is 7.58. The molecule has 0 saturated carbocycles. The number of hydrogen-bond acceptors (Lipinski definition) is 3. The van der Waals surface area contributed by atoms with Crippen molar-refractivity contribution in [2.24, 2.45) is 5.92 Å². The van der Waals surface area contributed by atoms with E-state index in [1.807, 2.05) is 24.3 Å². The summed E-state index contributed by atoms with van der Waals surface area (Å²) in [5.41, 5.74) is 2.18. The second-order valence-electron chi connectivity index (χ2n) is 5.58. The van der Waals surface area contributed by atoms with Crippen molar-refractivity contribution in [1.29, 1.82) is 0 Å². The molecule has 0 fully saturated rings. The van der Waals surface area contributed by atoms with Gasteiger partial charge >= 0.3 is 0 Å². The summed E-state index contributed by atoms with van der Waals surface area (Å²) in [7, 11) is 0. The Morgan fingerprint density at radius 2 is 1.67 bits per heavy atom. The topological polar surface area (TPSA) is 41.5 Å². The van der Waals surface area contributed by atoms with Gasteiger partial charge in [-0.05, 0) is 54.3 Å². The first-order valence-electron chi connectivity index (χ1n) is 7.38. The van der Waals surface area contributed by atoms with Crippen molar-refractivity contribution in [1.82, 2.24) is 0 Å². The van der Waals surface area contributed by atoms with Crippen LogP contribution in [0.3, 0.4) is 0 Å². The third-order valence-corrected chi connectivity index (χ3v) is 3.25. The average Bonchev–Trinajstić information content (AvgIpc) is 2.48. The molecule has 112 valence electrons. The van der Waals surface area contributed by atoms with Gasteiger partial charge in [0.25, 0.3) is 0 Å². The Bertz CT molecular complexity index is 532. The Kier molecular flexibility index (Phi) is 5.50. The van der Waals surface area contributed by atoms with E-state index in [4.69, 9.17) is 4.74 Å². The number of phenolic OH excluding ortho intramolecular Hbond substituents is 1. The van der Waals surface area contributed by atoms with E-state index in [1.54, 1.807) is 12.1 Å². The van der Waals surface area contributed by atoms with E-state index in [0.29, 0.717) is 5.92 Å². The highest BCUT2D eigenvalue weighted by Crippen LogP contribution is 2.17. The lowest BCUT2D eigenvalue weighted by molar-refractivity contribution is 0.289. The molecule has 21 heavy (non-hydrogen) atoms. The zero-order valence-corrected chi connectivity index (χ0v) is 12.7. The number of rotatable bonds is 7. The Labute approximate surface area is 126 Å². The number of hydrogen-bond donors (Lipinski definition) is 2. The largest absolute Gasteiger partial charge is 0.508 e. The van der Waals surface area contributed by atoms with E-state index in [-0.39, 0.29) is 5.75 Å². The van der Waals surface area contributed by atoms with Gasteiger partial charge in [-0.3, -0.25) is 0 Å². The van der Waals surface area contributed by atoms with Gasteiger partial charge in [0.05, 0.1) is 6.61 Å². The molecule has 0 radical (unpaired) electrons. The summed E-state index contributed by atoms with van der Waals surface area (Å²) in [5, 5.41) is 12.5. The molecule has 0 aromatic heterocycles. The molecule has 2 aromatic carbocycles. The van der Waals surface area contributed by atoms with Gasteiger partial charge in [0, 0.05) is 12.2 Å². The molecule has 0 amide bonds. The first kappa shape index (κ1) is 15.2. The fourth-order valence-electron chi connectivity index (χ4n) is 1.90. The van der Waals surface area contributed by atoms with Gasteiger partial charge in [0.1, 0.15) is 11.5 Å². The molecule has 2 aromatic rings. The highest BCUT2D eigenvalue weighted by molar-refractivity contribution is 5.46. The zero-order valence-electron chi connectivity index (χ0n) is 12.7. The van der Waals surface area contributed by atoms with Gasteiger partial charge in [-0.15, -0.1) is 0 Å². The number of anilines is 1. The third-order valence-electron chi connectivity index (χ3n) is 3.25. The smallest absolute Gasteiger partial charge is 0.119 e. The molecular weight excluding hydrogens is 262 g/mol. The SMILES string of the molecule is CC(C)CCOc1ccc(CNc2ccc(O)cc2)cc1. The lowest BCUT2D eigenvalue weighted by Gasteiger charge is -2.10. The average molecular weight is 285 g/mol. The monoisotopic (exact) mass is 285 g/mol. The van der Waals surface area contributed by atoms with Crippen LogP contribution in [0.2, 0.25) is 0 Å². The van der Waals surface area contributed by atoms with Gasteiger partial charge in [0.15, 0.2) is 0 Å². The van der Waals surface area contributed by atoms with Gasteiger partial charge < -0.3 is 15.2 Å². The summed E-state index contributed by atoms with van der Waals surface area (Å²) in [4.78, 5) is 0. The van der Waals surface area contributed by atoms with E-state index < -0.39 is 0 Å². The van der Waals surface area contributed by atoms with E-state index in [0.717, 1.165) is 31.0 Å². The quantitative estimate of drug-likeness (QED) is 0.739. The summed E-state index contributed by atoms with van der Waals surface area (Å²) < 4.78 is 5.70. The lowest BCUT2D eigenvalue weighted by atomic mass is 10.1. The van der Waals surface area contributed by atoms with E-state index in [2.05, 4.69) is 31.3 Å². The molecule has 2 N–H and O–H groups in total. The maximum atomic E-state index is 9.24. The number of phenols is 1. The minimum absolute atomic E-state index is 0.281. The van der Waals surface area contributed by atoms with E-state index in [9.17, 15) is 5.11 Å². The summed E-state index contributed by atoms with van der Waals surface area (Å²) in [6.07, 6.45) is 1.07. The van der Waals surface area contributed by atoms with Crippen molar-refractivity contribution in [3.63, 3.8) is 0 Å². The minimum Gasteiger partial charge on any atom is -0.508 e. The molecule has 0 unspecified atom stereocenters. The fraction of sp³-hybridized carbons (Fsp3) is 0.333. The fourth-order valence-corrected chi connectivity index (χ4v) is 1.90. The van der Waals surface area contributed by atoms with Crippen LogP contribution in [0.15, 0.2) is 48.5 Å². The van der Waals surface area contributed by atoms with Crippen LogP contribution in [-0.2, 0) is 6.54 Å². The molecule has 0 bridgehead atoms. The number of nitrogens with one attached hydrogen (secondary N) is 1. The van der Waals surface area contributed by atoms with Gasteiger partial charge in [0.2, 0.25) is 0 Å². The minimum atomic E-state index is 0.281. The highest BCUT2D eigenvalue weighted by atomic mass is 16.5. The predicted molar refractivity (Wildman–Crippen MR) is 86.8 cm³/mol. The van der Waals surface area contributed by atoms with Crippen LogP contribution in [0, 0.1) is 5.92 Å². The summed E-state index contributed by atoms with van der Waals surface area (Å²) >= 11 is 0. The maximum Gasteiger partial charge on any atom is 0.119 e. The van der Waals surface area contributed by atoms with Crippen molar-refractivity contribution in [2.45, 2.75) is 26.8 Å². The van der Waals surface area contributed by atoms with Crippen LogP contribution >= 0.6 is 0 Å². The van der Waals surface area contributed by atoms with Crippen molar-refractivity contribution >= 4 is 5.69 Å². The number of ether oxygens (including phenoxy) is 1. The Balaban J connectivity index is 1.80. The van der Waals surface area contributed by atoms with Crippen molar-refractivity contribution in [2.75, 3.05) is 11.9 Å². The number of aromatic hydroxyl groups is 1. The number of benzene rings is 2. The second-order valence-corrected chi connectivity index (χ2v) is 5.58. The van der Waals surface area contributed by atoms with Gasteiger partial charge in [-0.1, -0.05) is 26.0 Å².